The molecule has 6 saturated heterocycles. The van der Waals surface area contributed by atoms with Crippen molar-refractivity contribution in [2.24, 2.45) is 45.3 Å². The molecule has 6 heterocycles. The van der Waals surface area contributed by atoms with E-state index in [0.29, 0.717) is 32.1 Å². The molecule has 22 N–H and O–H groups in total. The number of rotatable bonds is 23. The summed E-state index contributed by atoms with van der Waals surface area (Å²) in [6.45, 7) is 11.6. The van der Waals surface area contributed by atoms with Crippen LogP contribution in [0.3, 0.4) is 0 Å². The van der Waals surface area contributed by atoms with Crippen molar-refractivity contribution in [3.63, 3.8) is 0 Å². The second kappa shape index (κ2) is 31.5. The van der Waals surface area contributed by atoms with E-state index in [-0.39, 0.29) is 35.5 Å². The predicted octanol–water partition coefficient (Wildman–Crippen LogP) is -7.58. The smallest absolute Gasteiger partial charge is 0.187 e. The molecule has 34 heteroatoms. The van der Waals surface area contributed by atoms with Gasteiger partial charge in [-0.3, -0.25) is 0 Å². The molecule has 0 amide bonds. The van der Waals surface area contributed by atoms with E-state index in [1.54, 1.807) is 0 Å². The van der Waals surface area contributed by atoms with Crippen molar-refractivity contribution in [2.45, 2.75) is 315 Å². The maximum Gasteiger partial charge on any atom is 0.187 e. The summed E-state index contributed by atoms with van der Waals surface area (Å²) in [4.78, 5) is 0. The monoisotopic (exact) mass is 1450 g/mol. The van der Waals surface area contributed by atoms with Gasteiger partial charge in [0.05, 0.1) is 63.6 Å². The zero-order valence-electron chi connectivity index (χ0n) is 57.6. The van der Waals surface area contributed by atoms with Crippen LogP contribution < -0.4 is 0 Å². The normalized spacial score (nSPS) is 52.1. The molecule has 0 aromatic heterocycles. The van der Waals surface area contributed by atoms with Gasteiger partial charge in [-0.15, -0.1) is 0 Å². The first kappa shape index (κ1) is 80.9. The van der Waals surface area contributed by atoms with Gasteiger partial charge >= 0.3 is 0 Å². The lowest BCUT2D eigenvalue weighted by Gasteiger charge is -2.67. The molecule has 0 aromatic carbocycles. The third-order valence-corrected chi connectivity index (χ3v) is 25.0. The van der Waals surface area contributed by atoms with Crippen LogP contribution in [0.4, 0.5) is 0 Å². The van der Waals surface area contributed by atoms with Crippen molar-refractivity contribution in [1.82, 2.24) is 0 Å². The fraction of sp³-hybridized carbons (Fsp3) is 0.970. The highest BCUT2D eigenvalue weighted by molar-refractivity contribution is 5.32. The van der Waals surface area contributed by atoms with Crippen molar-refractivity contribution in [1.29, 1.82) is 0 Å². The summed E-state index contributed by atoms with van der Waals surface area (Å²) in [7, 11) is 0. The van der Waals surface area contributed by atoms with Crippen molar-refractivity contribution >= 4 is 0 Å². The van der Waals surface area contributed by atoms with Crippen molar-refractivity contribution in [3.05, 3.63) is 11.6 Å². The minimum absolute atomic E-state index is 0.00824. The average molecular weight is 1450 g/mol. The standard InChI is InChI=1S/C66H112O34/c1-24(9-13-37(63(4,5)88)99-61-55(100-60-54(87)46(79)40(73)30(20-69)94-60)49(82)43(76)33(97-61)23-90-57-51(84)45(78)39(72)29(19-68)93-57)25-15-16-64(6)34-12-10-26-27(66(34,8)35(70)17-65(25,64)7)11-14-36(62(26,2)3)98-59-53(86)48(81)42(75)32(96-59)22-91-58-52(85)47(80)41(74)31(95-58)21-89-56-50(83)44(77)38(71)28(18-67)92-56/h10,24-25,27-61,67-88H,9,11-23H2,1-8H3/t24-,25-,27-,28-,29-,30-,31-,32-,33-,34+,35-,36+,37-,38-,39-,40-,41-,42-,43-,44+,45+,46+,47+,48+,49+,50-,51-,52-,53-,54-,55-,56-,57-,58-,59+,60+,61+,64+,65-,66+/m1/s1. The largest absolute Gasteiger partial charge is 0.394 e. The Balaban J connectivity index is 0.794. The predicted molar refractivity (Wildman–Crippen MR) is 333 cm³/mol. The quantitative estimate of drug-likeness (QED) is 0.0423. The van der Waals surface area contributed by atoms with Gasteiger partial charge in [-0.2, -0.15) is 0 Å². The second-order valence-electron chi connectivity index (χ2n) is 31.6. The molecule has 0 unspecified atom stereocenters. The van der Waals surface area contributed by atoms with Crippen molar-refractivity contribution in [3.8, 4) is 0 Å². The maximum absolute atomic E-state index is 12.9. The fourth-order valence-electron chi connectivity index (χ4n) is 18.4. The average Bonchev–Trinajstić information content (AvgIpc) is 1.02. The molecule has 0 bridgehead atoms. The first-order chi connectivity index (χ1) is 46.8. The number of ether oxygens (including phenoxy) is 12. The lowest BCUT2D eigenvalue weighted by atomic mass is 9.38. The zero-order chi connectivity index (χ0) is 73.5. The molecule has 34 nitrogen and oxygen atoms in total. The Morgan fingerprint density at radius 1 is 0.460 bits per heavy atom. The first-order valence-corrected chi connectivity index (χ1v) is 35.1. The Bertz CT molecular complexity index is 2670. The van der Waals surface area contributed by atoms with Crippen LogP contribution in [0, 0.1) is 45.3 Å². The number of fused-ring (bicyclic) bond motifs is 5. The van der Waals surface area contributed by atoms with Gasteiger partial charge in [0.25, 0.3) is 0 Å². The van der Waals surface area contributed by atoms with E-state index in [1.807, 2.05) is 13.8 Å². The van der Waals surface area contributed by atoms with Gasteiger partial charge in [0.2, 0.25) is 0 Å². The van der Waals surface area contributed by atoms with Crippen LogP contribution in [0.5, 0.6) is 0 Å². The van der Waals surface area contributed by atoms with Gasteiger partial charge in [0, 0.05) is 10.8 Å². The summed E-state index contributed by atoms with van der Waals surface area (Å²) in [5.74, 6) is -0.162. The van der Waals surface area contributed by atoms with Crippen LogP contribution in [-0.4, -0.2) is 360 Å². The molecule has 0 aromatic rings. The molecule has 10 aliphatic rings. The van der Waals surface area contributed by atoms with Crippen LogP contribution in [0.2, 0.25) is 0 Å². The highest BCUT2D eigenvalue weighted by atomic mass is 16.8. The molecule has 0 radical (unpaired) electrons. The summed E-state index contributed by atoms with van der Waals surface area (Å²) < 4.78 is 70.8. The summed E-state index contributed by atoms with van der Waals surface area (Å²) in [6, 6.07) is 0. The summed E-state index contributed by atoms with van der Waals surface area (Å²) in [6.07, 6.45) is -47.6. The van der Waals surface area contributed by atoms with E-state index in [1.165, 1.54) is 13.8 Å². The number of hydrogen-bond acceptors (Lipinski definition) is 34. The minimum atomic E-state index is -1.97. The Labute approximate surface area is 579 Å². The molecule has 0 spiro atoms. The van der Waals surface area contributed by atoms with E-state index in [0.717, 1.165) is 18.4 Å². The number of hydrogen-bond donors (Lipinski definition) is 22. The van der Waals surface area contributed by atoms with Crippen LogP contribution in [0.25, 0.3) is 0 Å². The van der Waals surface area contributed by atoms with Crippen LogP contribution in [-0.2, 0) is 56.8 Å². The van der Waals surface area contributed by atoms with Crippen molar-refractivity contribution in [2.75, 3.05) is 39.6 Å². The topological polar surface area (TPSA) is 556 Å². The van der Waals surface area contributed by atoms with E-state index >= 15 is 0 Å². The summed E-state index contributed by atoms with van der Waals surface area (Å²) in [5.41, 5.74) is -2.73. The third kappa shape index (κ3) is 14.9. The molecule has 10 rings (SSSR count). The molecule has 4 aliphatic carbocycles. The first-order valence-electron chi connectivity index (χ1n) is 35.1. The highest BCUT2D eigenvalue weighted by Crippen LogP contribution is 2.75. The lowest BCUT2D eigenvalue weighted by Crippen LogP contribution is -2.65. The summed E-state index contributed by atoms with van der Waals surface area (Å²) in [5, 5.41) is 238. The van der Waals surface area contributed by atoms with E-state index in [2.05, 4.69) is 33.8 Å². The molecular formula is C66H112O34. The molecule has 40 atom stereocenters. The third-order valence-electron chi connectivity index (χ3n) is 25.0. The van der Waals surface area contributed by atoms with E-state index in [4.69, 9.17) is 56.8 Å². The van der Waals surface area contributed by atoms with E-state index < -0.39 is 264 Å². The Kier molecular flexibility index (Phi) is 25.5. The Morgan fingerprint density at radius 2 is 0.850 bits per heavy atom. The number of aliphatic hydroxyl groups excluding tert-OH is 21. The van der Waals surface area contributed by atoms with Gasteiger partial charge in [-0.25, -0.2) is 0 Å². The highest BCUT2D eigenvalue weighted by Gasteiger charge is 2.71. The maximum atomic E-state index is 12.9. The lowest BCUT2D eigenvalue weighted by molar-refractivity contribution is -0.380. The molecular weight excluding hydrogens is 1340 g/mol. The zero-order valence-corrected chi connectivity index (χ0v) is 57.6. The van der Waals surface area contributed by atoms with Crippen LogP contribution >= 0.6 is 0 Å². The van der Waals surface area contributed by atoms with Gasteiger partial charge < -0.3 is 169 Å². The van der Waals surface area contributed by atoms with Crippen LogP contribution in [0.15, 0.2) is 11.6 Å². The Morgan fingerprint density at radius 3 is 1.30 bits per heavy atom. The van der Waals surface area contributed by atoms with Gasteiger partial charge in [0.1, 0.15) is 146 Å². The molecule has 9 fully saturated rings. The molecule has 100 heavy (non-hydrogen) atoms. The molecule has 3 saturated carbocycles. The van der Waals surface area contributed by atoms with Crippen molar-refractivity contribution < 1.29 is 169 Å². The SMILES string of the molecule is C[C@H](CC[C@@H](O[C@@H]1O[C@H](CO[C@@H]2O[C@H](CO)[C@@H](O)[C@H](O)[C@H]2O)[C@@H](O)[C@H](O)[C@H]1O[C@@H]1O[C@H](CO)[C@@H](O)[C@H](O)[C@H]1O)C(C)(C)O)[C@H]1CC[C@@]2(C)[C@@H]3CC=C4[C@@H](CC[C@H](O[C@@H]5O[C@H](CO[C@@H]6O[C@H](CO[C@@H]7O[C@H](CO)[C@@H](O)[C@H](O)[C@H]7O)[C@@H](O)[C@H](O)[C@H]6O)[C@@H](O)[C@H](O)[C@H]5O)C4(C)C)[C@]3(C)[C@H](O)C[C@]12C. The van der Waals surface area contributed by atoms with Gasteiger partial charge in [0.15, 0.2) is 37.7 Å². The number of aliphatic hydroxyl groups is 22. The van der Waals surface area contributed by atoms with E-state index in [9.17, 15) is 112 Å². The second-order valence-corrected chi connectivity index (χ2v) is 31.6. The van der Waals surface area contributed by atoms with Crippen LogP contribution in [0.1, 0.15) is 107 Å². The minimum Gasteiger partial charge on any atom is -0.394 e. The fourth-order valence-corrected chi connectivity index (χ4v) is 18.4. The Hall–Kier alpha value is -1.62. The van der Waals surface area contributed by atoms with Gasteiger partial charge in [-0.1, -0.05) is 53.2 Å². The number of allylic oxidation sites excluding steroid dienone is 1. The van der Waals surface area contributed by atoms with Gasteiger partial charge in [-0.05, 0) is 99.7 Å². The summed E-state index contributed by atoms with van der Waals surface area (Å²) >= 11 is 0. The molecule has 580 valence electrons. The molecule has 6 aliphatic heterocycles.